The summed E-state index contributed by atoms with van der Waals surface area (Å²) in [6.07, 6.45) is 0.929. The summed E-state index contributed by atoms with van der Waals surface area (Å²) in [5, 5.41) is 11.6. The highest BCUT2D eigenvalue weighted by Crippen LogP contribution is 2.14. The van der Waals surface area contributed by atoms with Crippen LogP contribution in [0.1, 0.15) is 39.7 Å². The van der Waals surface area contributed by atoms with E-state index in [1.807, 2.05) is 31.2 Å². The van der Waals surface area contributed by atoms with Gasteiger partial charge < -0.3 is 16.0 Å². The number of nitrogens with one attached hydrogen (secondary N) is 3. The molecule has 25 heavy (non-hydrogen) atoms. The maximum absolute atomic E-state index is 12.0. The molecule has 2 aromatic rings. The zero-order valence-electron chi connectivity index (χ0n) is 15.1. The first kappa shape index (κ1) is 19.0. The Kier molecular flexibility index (Phi) is 7.47. The number of benzene rings is 1. The molecule has 1 amide bonds. The molecular formula is C19H26N4OS. The lowest BCUT2D eigenvalue weighted by Gasteiger charge is -2.12. The van der Waals surface area contributed by atoms with Gasteiger partial charge >= 0.3 is 0 Å². The lowest BCUT2D eigenvalue weighted by Crippen LogP contribution is -2.36. The quantitative estimate of drug-likeness (QED) is 0.526. The molecule has 0 aliphatic carbocycles. The van der Waals surface area contributed by atoms with Crippen molar-refractivity contribution < 1.29 is 4.79 Å². The number of rotatable bonds is 7. The van der Waals surface area contributed by atoms with Crippen molar-refractivity contribution >= 4 is 23.2 Å². The predicted molar refractivity (Wildman–Crippen MR) is 105 cm³/mol. The fourth-order valence-electron chi connectivity index (χ4n) is 2.32. The molecule has 0 radical (unpaired) electrons. The number of nitrogens with zero attached hydrogens (tertiary/aromatic N) is 1. The summed E-state index contributed by atoms with van der Waals surface area (Å²) in [7, 11) is 1.76. The van der Waals surface area contributed by atoms with E-state index in [1.165, 1.54) is 10.4 Å². The minimum atomic E-state index is -0.0284. The zero-order chi connectivity index (χ0) is 18.1. The van der Waals surface area contributed by atoms with Gasteiger partial charge in [-0.3, -0.25) is 9.79 Å². The molecule has 6 heteroatoms. The number of hydrogen-bond donors (Lipinski definition) is 3. The van der Waals surface area contributed by atoms with Crippen molar-refractivity contribution in [3.05, 3.63) is 57.3 Å². The molecule has 0 unspecified atom stereocenters. The number of aryl methyl sites for hydroxylation is 1. The summed E-state index contributed by atoms with van der Waals surface area (Å²) in [6.45, 7) is 6.20. The van der Waals surface area contributed by atoms with E-state index in [2.05, 4.69) is 39.3 Å². The second kappa shape index (κ2) is 9.84. The van der Waals surface area contributed by atoms with Crippen molar-refractivity contribution in [1.82, 2.24) is 16.0 Å². The second-order valence-electron chi connectivity index (χ2n) is 5.76. The molecule has 0 saturated heterocycles. The minimum absolute atomic E-state index is 0.0284. The summed E-state index contributed by atoms with van der Waals surface area (Å²) in [5.74, 6) is 0.716. The summed E-state index contributed by atoms with van der Waals surface area (Å²) >= 11 is 1.74. The monoisotopic (exact) mass is 358 g/mol. The molecule has 0 aliphatic rings. The van der Waals surface area contributed by atoms with Crippen molar-refractivity contribution in [3.8, 4) is 0 Å². The van der Waals surface area contributed by atoms with Gasteiger partial charge in [0.25, 0.3) is 5.91 Å². The van der Waals surface area contributed by atoms with Crippen molar-refractivity contribution in [3.63, 3.8) is 0 Å². The molecule has 0 bridgehead atoms. The number of guanidine groups is 1. The van der Waals surface area contributed by atoms with Crippen molar-refractivity contribution in [2.75, 3.05) is 13.6 Å². The highest BCUT2D eigenvalue weighted by Gasteiger charge is 2.06. The fraction of sp³-hybridized carbons (Fsp3) is 0.368. The van der Waals surface area contributed by atoms with Gasteiger partial charge in [-0.25, -0.2) is 0 Å². The Morgan fingerprint density at radius 3 is 2.64 bits per heavy atom. The van der Waals surface area contributed by atoms with Gasteiger partial charge in [0.1, 0.15) is 0 Å². The van der Waals surface area contributed by atoms with Crippen LogP contribution in [0.25, 0.3) is 0 Å². The molecule has 1 heterocycles. The van der Waals surface area contributed by atoms with E-state index < -0.39 is 0 Å². The molecule has 1 aromatic heterocycles. The Balaban J connectivity index is 1.88. The van der Waals surface area contributed by atoms with E-state index in [9.17, 15) is 4.79 Å². The van der Waals surface area contributed by atoms with Gasteiger partial charge in [-0.2, -0.15) is 0 Å². The number of hydrogen-bond acceptors (Lipinski definition) is 3. The fourth-order valence-corrected chi connectivity index (χ4v) is 3.16. The van der Waals surface area contributed by atoms with Gasteiger partial charge in [-0.1, -0.05) is 19.1 Å². The van der Waals surface area contributed by atoms with E-state index in [0.29, 0.717) is 18.7 Å². The maximum Gasteiger partial charge on any atom is 0.251 e. The molecule has 1 aromatic carbocycles. The summed E-state index contributed by atoms with van der Waals surface area (Å²) in [5.41, 5.74) is 3.02. The number of carbonyl (C=O) groups is 1. The summed E-state index contributed by atoms with van der Waals surface area (Å²) < 4.78 is 0. The number of thiophene rings is 1. The van der Waals surface area contributed by atoms with Crippen LogP contribution in [0.15, 0.2) is 40.7 Å². The Bertz CT molecular complexity index is 724. The number of aliphatic imine (C=N–C) groups is 1. The van der Waals surface area contributed by atoms with E-state index in [4.69, 9.17) is 0 Å². The van der Waals surface area contributed by atoms with Crippen LogP contribution in [0, 0.1) is 6.92 Å². The Labute approximate surface area is 153 Å². The normalized spacial score (nSPS) is 11.2. The van der Waals surface area contributed by atoms with Crippen molar-refractivity contribution in [2.45, 2.75) is 33.4 Å². The van der Waals surface area contributed by atoms with Crippen LogP contribution in [0.3, 0.4) is 0 Å². The third kappa shape index (κ3) is 5.90. The predicted octanol–water partition coefficient (Wildman–Crippen LogP) is 3.06. The van der Waals surface area contributed by atoms with Crippen LogP contribution >= 0.6 is 11.3 Å². The average Bonchev–Trinajstić information content (AvgIpc) is 3.05. The van der Waals surface area contributed by atoms with E-state index >= 15 is 0 Å². The Morgan fingerprint density at radius 2 is 1.96 bits per heavy atom. The first-order valence-corrected chi connectivity index (χ1v) is 9.36. The SMILES string of the molecule is CCCNC(=O)c1cccc(CNC(=NC)NCc2sccc2C)c1. The third-order valence-corrected chi connectivity index (χ3v) is 4.82. The molecule has 0 saturated carbocycles. The molecule has 2 rings (SSSR count). The Morgan fingerprint density at radius 1 is 1.16 bits per heavy atom. The Hall–Kier alpha value is -2.34. The smallest absolute Gasteiger partial charge is 0.251 e. The highest BCUT2D eigenvalue weighted by atomic mass is 32.1. The molecular weight excluding hydrogens is 332 g/mol. The first-order chi connectivity index (χ1) is 12.1. The molecule has 0 fully saturated rings. The van der Waals surface area contributed by atoms with Gasteiger partial charge in [0.15, 0.2) is 5.96 Å². The summed E-state index contributed by atoms with van der Waals surface area (Å²) in [6, 6.07) is 9.77. The molecule has 0 atom stereocenters. The van der Waals surface area contributed by atoms with Crippen LogP contribution in [0.2, 0.25) is 0 Å². The minimum Gasteiger partial charge on any atom is -0.352 e. The number of carbonyl (C=O) groups excluding carboxylic acids is 1. The lowest BCUT2D eigenvalue weighted by molar-refractivity contribution is 0.0953. The molecule has 134 valence electrons. The van der Waals surface area contributed by atoms with Gasteiger partial charge in [0.05, 0.1) is 6.54 Å². The van der Waals surface area contributed by atoms with E-state index in [-0.39, 0.29) is 5.91 Å². The van der Waals surface area contributed by atoms with Crippen LogP contribution in [-0.4, -0.2) is 25.5 Å². The van der Waals surface area contributed by atoms with E-state index in [0.717, 1.165) is 24.5 Å². The van der Waals surface area contributed by atoms with Crippen LogP contribution in [-0.2, 0) is 13.1 Å². The topological polar surface area (TPSA) is 65.5 Å². The lowest BCUT2D eigenvalue weighted by atomic mass is 10.1. The molecule has 3 N–H and O–H groups in total. The van der Waals surface area contributed by atoms with E-state index in [1.54, 1.807) is 18.4 Å². The number of amides is 1. The highest BCUT2D eigenvalue weighted by molar-refractivity contribution is 7.10. The second-order valence-corrected chi connectivity index (χ2v) is 6.76. The maximum atomic E-state index is 12.0. The van der Waals surface area contributed by atoms with Gasteiger partial charge in [0, 0.05) is 30.6 Å². The largest absolute Gasteiger partial charge is 0.352 e. The molecule has 5 nitrogen and oxygen atoms in total. The molecule has 0 spiro atoms. The van der Waals surface area contributed by atoms with Gasteiger partial charge in [0.2, 0.25) is 0 Å². The average molecular weight is 359 g/mol. The van der Waals surface area contributed by atoms with Gasteiger partial charge in [-0.05, 0) is 48.1 Å². The van der Waals surface area contributed by atoms with Crippen LogP contribution < -0.4 is 16.0 Å². The van der Waals surface area contributed by atoms with Crippen LogP contribution in [0.4, 0.5) is 0 Å². The third-order valence-electron chi connectivity index (χ3n) is 3.79. The summed E-state index contributed by atoms with van der Waals surface area (Å²) in [4.78, 5) is 17.6. The van der Waals surface area contributed by atoms with Crippen molar-refractivity contribution in [2.24, 2.45) is 4.99 Å². The van der Waals surface area contributed by atoms with Gasteiger partial charge in [-0.15, -0.1) is 11.3 Å². The molecule has 0 aliphatic heterocycles. The van der Waals surface area contributed by atoms with Crippen LogP contribution in [0.5, 0.6) is 0 Å². The first-order valence-electron chi connectivity index (χ1n) is 8.48. The van der Waals surface area contributed by atoms with Crippen molar-refractivity contribution in [1.29, 1.82) is 0 Å². The standard InChI is InChI=1S/C19H26N4OS/c1-4-9-21-18(24)16-7-5-6-15(11-16)12-22-19(20-3)23-13-17-14(2)8-10-25-17/h5-8,10-11H,4,9,12-13H2,1-3H3,(H,21,24)(H2,20,22,23). The zero-order valence-corrected chi connectivity index (χ0v) is 15.9.